The van der Waals surface area contributed by atoms with Crippen LogP contribution in [0.5, 0.6) is 0 Å². The molecule has 0 aromatic carbocycles. The van der Waals surface area contributed by atoms with Crippen molar-refractivity contribution in [1.29, 1.82) is 0 Å². The predicted molar refractivity (Wildman–Crippen MR) is 72.7 cm³/mol. The third-order valence-electron chi connectivity index (χ3n) is 2.02. The summed E-state index contributed by atoms with van der Waals surface area (Å²) in [7, 11) is 0. The first-order valence-corrected chi connectivity index (χ1v) is 7.22. The molecule has 1 N–H and O–H groups in total. The molecule has 0 atom stereocenters. The van der Waals surface area contributed by atoms with Crippen LogP contribution in [-0.4, -0.2) is 25.7 Å². The highest BCUT2D eigenvalue weighted by Crippen LogP contribution is 2.24. The van der Waals surface area contributed by atoms with Crippen LogP contribution >= 0.6 is 23.1 Å². The second-order valence-corrected chi connectivity index (χ2v) is 6.83. The topological polar surface area (TPSA) is 63.6 Å². The van der Waals surface area contributed by atoms with E-state index in [1.165, 1.54) is 23.1 Å². The van der Waals surface area contributed by atoms with E-state index in [1.54, 1.807) is 5.51 Å². The highest BCUT2D eigenvalue weighted by molar-refractivity contribution is 8.00. The molecule has 0 aliphatic heterocycles. The average Bonchev–Trinajstić information content (AvgIpc) is 2.80. The van der Waals surface area contributed by atoms with Gasteiger partial charge in [0.2, 0.25) is 0 Å². The summed E-state index contributed by atoms with van der Waals surface area (Å²) in [5.74, 6) is 0. The molecular formula is C11H15N5S2. The minimum absolute atomic E-state index is 0.0972. The first-order chi connectivity index (χ1) is 8.53. The Kier molecular flexibility index (Phi) is 4.26. The standard InChI is InChI=1S/C11H15N5S2/c1-11(2,3)14-6-8-4-12-9(13-5-8)18-10-16-15-7-17-10/h4-5,7,14H,6H2,1-3H3. The quantitative estimate of drug-likeness (QED) is 0.868. The fourth-order valence-corrected chi connectivity index (χ4v) is 2.42. The second kappa shape index (κ2) is 5.73. The van der Waals surface area contributed by atoms with Crippen LogP contribution in [0.4, 0.5) is 0 Å². The minimum atomic E-state index is 0.0972. The lowest BCUT2D eigenvalue weighted by atomic mass is 10.1. The lowest BCUT2D eigenvalue weighted by Crippen LogP contribution is -2.35. The van der Waals surface area contributed by atoms with Gasteiger partial charge in [0.15, 0.2) is 9.50 Å². The van der Waals surface area contributed by atoms with E-state index < -0.39 is 0 Å². The Balaban J connectivity index is 1.93. The van der Waals surface area contributed by atoms with Gasteiger partial charge < -0.3 is 5.32 Å². The van der Waals surface area contributed by atoms with Crippen LogP contribution in [0.25, 0.3) is 0 Å². The molecule has 2 aromatic rings. The third kappa shape index (κ3) is 4.32. The molecule has 5 nitrogen and oxygen atoms in total. The molecule has 2 aromatic heterocycles. The van der Waals surface area contributed by atoms with Gasteiger partial charge >= 0.3 is 0 Å². The maximum atomic E-state index is 4.30. The van der Waals surface area contributed by atoms with E-state index in [-0.39, 0.29) is 5.54 Å². The number of rotatable bonds is 4. The van der Waals surface area contributed by atoms with Crippen LogP contribution in [-0.2, 0) is 6.54 Å². The van der Waals surface area contributed by atoms with Gasteiger partial charge in [-0.2, -0.15) is 0 Å². The number of nitrogens with one attached hydrogen (secondary N) is 1. The second-order valence-electron chi connectivity index (χ2n) is 4.78. The summed E-state index contributed by atoms with van der Waals surface area (Å²) in [6, 6.07) is 0. The van der Waals surface area contributed by atoms with E-state index in [2.05, 4.69) is 46.3 Å². The van der Waals surface area contributed by atoms with Gasteiger partial charge in [0, 0.05) is 30.0 Å². The fourth-order valence-electron chi connectivity index (χ4n) is 1.14. The number of hydrogen-bond acceptors (Lipinski definition) is 7. The maximum Gasteiger partial charge on any atom is 0.194 e. The van der Waals surface area contributed by atoms with Crippen molar-refractivity contribution in [3.8, 4) is 0 Å². The Hall–Kier alpha value is -1.05. The smallest absolute Gasteiger partial charge is 0.194 e. The Morgan fingerprint density at radius 2 is 2.00 bits per heavy atom. The van der Waals surface area contributed by atoms with Gasteiger partial charge in [-0.25, -0.2) is 9.97 Å². The lowest BCUT2D eigenvalue weighted by molar-refractivity contribution is 0.423. The van der Waals surface area contributed by atoms with Crippen molar-refractivity contribution in [3.05, 3.63) is 23.5 Å². The van der Waals surface area contributed by atoms with Gasteiger partial charge in [0.25, 0.3) is 0 Å². The van der Waals surface area contributed by atoms with E-state index in [4.69, 9.17) is 0 Å². The van der Waals surface area contributed by atoms with E-state index in [1.807, 2.05) is 12.4 Å². The highest BCUT2D eigenvalue weighted by atomic mass is 32.2. The molecule has 2 heterocycles. The van der Waals surface area contributed by atoms with Crippen molar-refractivity contribution in [1.82, 2.24) is 25.5 Å². The first-order valence-electron chi connectivity index (χ1n) is 5.53. The first kappa shape index (κ1) is 13.4. The van der Waals surface area contributed by atoms with Gasteiger partial charge in [-0.05, 0) is 32.5 Å². The summed E-state index contributed by atoms with van der Waals surface area (Å²) in [6.07, 6.45) is 3.68. The van der Waals surface area contributed by atoms with Crippen LogP contribution in [0.15, 0.2) is 27.4 Å². The number of nitrogens with zero attached hydrogens (tertiary/aromatic N) is 4. The third-order valence-corrected chi connectivity index (χ3v) is 3.69. The van der Waals surface area contributed by atoms with Gasteiger partial charge in [-0.15, -0.1) is 10.2 Å². The molecule has 96 valence electrons. The van der Waals surface area contributed by atoms with Crippen molar-refractivity contribution in [2.24, 2.45) is 0 Å². The van der Waals surface area contributed by atoms with Crippen LogP contribution in [0.2, 0.25) is 0 Å². The molecule has 0 bridgehead atoms. The van der Waals surface area contributed by atoms with Crippen molar-refractivity contribution in [2.75, 3.05) is 0 Å². The Morgan fingerprint density at radius 3 is 2.56 bits per heavy atom. The highest BCUT2D eigenvalue weighted by Gasteiger charge is 2.09. The molecule has 0 spiro atoms. The minimum Gasteiger partial charge on any atom is -0.308 e. The molecule has 2 rings (SSSR count). The number of hydrogen-bond donors (Lipinski definition) is 1. The summed E-state index contributed by atoms with van der Waals surface area (Å²) in [6.45, 7) is 7.17. The van der Waals surface area contributed by atoms with Crippen molar-refractivity contribution >= 4 is 23.1 Å². The van der Waals surface area contributed by atoms with E-state index in [9.17, 15) is 0 Å². The average molecular weight is 281 g/mol. The summed E-state index contributed by atoms with van der Waals surface area (Å²) < 4.78 is 0.857. The summed E-state index contributed by atoms with van der Waals surface area (Å²) in [5, 5.41) is 11.8. The molecule has 18 heavy (non-hydrogen) atoms. The van der Waals surface area contributed by atoms with Crippen molar-refractivity contribution in [2.45, 2.75) is 42.4 Å². The summed E-state index contributed by atoms with van der Waals surface area (Å²) in [4.78, 5) is 8.61. The van der Waals surface area contributed by atoms with E-state index >= 15 is 0 Å². The van der Waals surface area contributed by atoms with Crippen LogP contribution < -0.4 is 5.32 Å². The Labute approximate surface area is 114 Å². The summed E-state index contributed by atoms with van der Waals surface area (Å²) in [5.41, 5.74) is 2.87. The molecule has 0 saturated carbocycles. The van der Waals surface area contributed by atoms with Crippen molar-refractivity contribution in [3.63, 3.8) is 0 Å². The lowest BCUT2D eigenvalue weighted by Gasteiger charge is -2.20. The normalized spacial score (nSPS) is 11.7. The Morgan fingerprint density at radius 1 is 1.28 bits per heavy atom. The zero-order chi connectivity index (χ0) is 13.0. The molecule has 0 fully saturated rings. The monoisotopic (exact) mass is 281 g/mol. The molecule has 0 aliphatic carbocycles. The van der Waals surface area contributed by atoms with Crippen LogP contribution in [0.3, 0.4) is 0 Å². The Bertz CT molecular complexity index is 475. The maximum absolute atomic E-state index is 4.30. The van der Waals surface area contributed by atoms with Gasteiger partial charge in [-0.1, -0.05) is 11.3 Å². The fraction of sp³-hybridized carbons (Fsp3) is 0.455. The SMILES string of the molecule is CC(C)(C)NCc1cnc(Sc2nncs2)nc1. The van der Waals surface area contributed by atoms with Crippen LogP contribution in [0.1, 0.15) is 26.3 Å². The van der Waals surface area contributed by atoms with Gasteiger partial charge in [0.1, 0.15) is 5.51 Å². The molecular weight excluding hydrogens is 266 g/mol. The molecule has 0 radical (unpaired) electrons. The van der Waals surface area contributed by atoms with Gasteiger partial charge in [0.05, 0.1) is 0 Å². The van der Waals surface area contributed by atoms with Crippen LogP contribution in [0, 0.1) is 0 Å². The largest absolute Gasteiger partial charge is 0.308 e. The van der Waals surface area contributed by atoms with E-state index in [0.717, 1.165) is 16.4 Å². The number of aromatic nitrogens is 4. The summed E-state index contributed by atoms with van der Waals surface area (Å²) >= 11 is 2.91. The van der Waals surface area contributed by atoms with Crippen molar-refractivity contribution < 1.29 is 0 Å². The zero-order valence-electron chi connectivity index (χ0n) is 10.5. The molecule has 0 aliphatic rings. The van der Waals surface area contributed by atoms with Gasteiger partial charge in [-0.3, -0.25) is 0 Å². The van der Waals surface area contributed by atoms with E-state index in [0.29, 0.717) is 5.16 Å². The molecule has 0 unspecified atom stereocenters. The zero-order valence-corrected chi connectivity index (χ0v) is 12.2. The predicted octanol–water partition coefficient (Wildman–Crippen LogP) is 2.37. The molecule has 0 saturated heterocycles. The molecule has 7 heteroatoms. The molecule has 0 amide bonds.